The summed E-state index contributed by atoms with van der Waals surface area (Å²) in [5, 5.41) is 9.63. The molecule has 1 heterocycles. The van der Waals surface area contributed by atoms with Crippen LogP contribution in [0.15, 0.2) is 83.5 Å². The van der Waals surface area contributed by atoms with Gasteiger partial charge in [0.15, 0.2) is 6.61 Å². The van der Waals surface area contributed by atoms with Crippen LogP contribution >= 0.6 is 39.0 Å². The van der Waals surface area contributed by atoms with Gasteiger partial charge in [0.2, 0.25) is 0 Å². The number of thiazole rings is 1. The second-order valence-electron chi connectivity index (χ2n) is 8.06. The molecule has 0 aliphatic rings. The molecule has 0 aliphatic carbocycles. The number of rotatable bonds is 10. The van der Waals surface area contributed by atoms with Gasteiger partial charge in [0, 0.05) is 37.7 Å². The van der Waals surface area contributed by atoms with E-state index < -0.39 is 24.3 Å². The number of halogens is 4. The molecule has 4 nitrogen and oxygen atoms in total. The highest BCUT2D eigenvalue weighted by atomic mass is 79.9. The molecule has 0 fully saturated rings. The van der Waals surface area contributed by atoms with E-state index in [9.17, 15) is 18.0 Å². The molecule has 1 unspecified atom stereocenters. The number of aromatic nitrogens is 1. The van der Waals surface area contributed by atoms with Crippen LogP contribution in [0.4, 0.5) is 13.2 Å². The maximum atomic E-state index is 12.9. The number of alkyl halides is 3. The fourth-order valence-corrected chi connectivity index (χ4v) is 6.21. The molecule has 1 atom stereocenters. The van der Waals surface area contributed by atoms with E-state index in [0.29, 0.717) is 28.5 Å². The third-order valence-electron chi connectivity index (χ3n) is 5.40. The lowest BCUT2D eigenvalue weighted by Crippen LogP contribution is -2.10. The zero-order valence-corrected chi connectivity index (χ0v) is 22.5. The Balaban J connectivity index is 1.56. The molecule has 37 heavy (non-hydrogen) atoms. The first kappa shape index (κ1) is 27.2. The number of carboxylic acids is 1. The van der Waals surface area contributed by atoms with Gasteiger partial charge in [-0.3, -0.25) is 0 Å². The number of para-hydroxylation sites is 1. The Morgan fingerprint density at radius 3 is 2.43 bits per heavy atom. The zero-order valence-electron chi connectivity index (χ0n) is 19.2. The summed E-state index contributed by atoms with van der Waals surface area (Å²) in [5.41, 5.74) is 1.94. The van der Waals surface area contributed by atoms with Crippen LogP contribution in [-0.4, -0.2) is 22.7 Å². The SMILES string of the molecule is O=C(O)COc1ccccc1CSC(Cc1ccc(Br)cc1)c1cnc(-c2ccc(C(F)(F)F)cc2)s1. The second-order valence-corrected chi connectivity index (χ2v) is 11.2. The monoisotopic (exact) mass is 607 g/mol. The molecule has 4 aromatic rings. The lowest BCUT2D eigenvalue weighted by Gasteiger charge is -2.17. The third kappa shape index (κ3) is 7.59. The van der Waals surface area contributed by atoms with E-state index in [-0.39, 0.29) is 5.25 Å². The number of carbonyl (C=O) groups is 1. The molecule has 0 amide bonds. The summed E-state index contributed by atoms with van der Waals surface area (Å²) in [5.74, 6) is 0.0513. The molecule has 192 valence electrons. The van der Waals surface area contributed by atoms with Crippen molar-refractivity contribution in [2.75, 3.05) is 6.61 Å². The highest BCUT2D eigenvalue weighted by Gasteiger charge is 2.30. The Labute approximate surface area is 228 Å². The molecule has 0 aliphatic heterocycles. The van der Waals surface area contributed by atoms with Crippen LogP contribution in [0.5, 0.6) is 5.75 Å². The van der Waals surface area contributed by atoms with Crippen molar-refractivity contribution in [2.24, 2.45) is 0 Å². The quantitative estimate of drug-likeness (QED) is 0.196. The van der Waals surface area contributed by atoms with E-state index in [0.717, 1.165) is 32.6 Å². The number of hydrogen-bond donors (Lipinski definition) is 1. The first-order valence-electron chi connectivity index (χ1n) is 11.1. The van der Waals surface area contributed by atoms with Crippen molar-refractivity contribution < 1.29 is 27.8 Å². The van der Waals surface area contributed by atoms with Crippen LogP contribution in [0, 0.1) is 0 Å². The first-order valence-corrected chi connectivity index (χ1v) is 13.8. The van der Waals surface area contributed by atoms with E-state index in [1.54, 1.807) is 30.1 Å². The van der Waals surface area contributed by atoms with Crippen molar-refractivity contribution >= 4 is 45.0 Å². The third-order valence-corrected chi connectivity index (χ3v) is 8.54. The van der Waals surface area contributed by atoms with E-state index in [2.05, 4.69) is 20.9 Å². The van der Waals surface area contributed by atoms with Crippen LogP contribution < -0.4 is 4.74 Å². The van der Waals surface area contributed by atoms with Crippen LogP contribution in [0.25, 0.3) is 10.6 Å². The first-order chi connectivity index (χ1) is 17.7. The molecule has 0 bridgehead atoms. The summed E-state index contributed by atoms with van der Waals surface area (Å²) in [4.78, 5) is 16.4. The molecule has 4 rings (SSSR count). The minimum absolute atomic E-state index is 0.00871. The molecule has 1 N–H and O–H groups in total. The van der Waals surface area contributed by atoms with Gasteiger partial charge >= 0.3 is 12.1 Å². The Bertz CT molecular complexity index is 1340. The number of aliphatic carboxylic acids is 1. The van der Waals surface area contributed by atoms with Crippen LogP contribution in [-0.2, 0) is 23.1 Å². The maximum absolute atomic E-state index is 12.9. The van der Waals surface area contributed by atoms with Crippen molar-refractivity contribution in [1.29, 1.82) is 0 Å². The van der Waals surface area contributed by atoms with Gasteiger partial charge in [0.25, 0.3) is 0 Å². The van der Waals surface area contributed by atoms with Gasteiger partial charge in [0.1, 0.15) is 10.8 Å². The average Bonchev–Trinajstić information content (AvgIpc) is 3.37. The van der Waals surface area contributed by atoms with Gasteiger partial charge in [-0.15, -0.1) is 23.1 Å². The average molecular weight is 609 g/mol. The smallest absolute Gasteiger partial charge is 0.416 e. The molecule has 10 heteroatoms. The zero-order chi connectivity index (χ0) is 26.4. The van der Waals surface area contributed by atoms with Crippen LogP contribution in [0.3, 0.4) is 0 Å². The van der Waals surface area contributed by atoms with E-state index in [1.165, 1.54) is 23.5 Å². The molecular formula is C27H21BrF3NO3S2. The molecule has 0 saturated carbocycles. The molecule has 0 saturated heterocycles. The summed E-state index contributed by atoms with van der Waals surface area (Å²) in [6.07, 6.45) is -1.89. The van der Waals surface area contributed by atoms with Crippen molar-refractivity contribution in [1.82, 2.24) is 4.98 Å². The number of carboxylic acid groups (broad SMARTS) is 1. The van der Waals surface area contributed by atoms with Gasteiger partial charge in [-0.1, -0.05) is 58.4 Å². The minimum Gasteiger partial charge on any atom is -0.482 e. The summed E-state index contributed by atoms with van der Waals surface area (Å²) in [6.45, 7) is -0.421. The molecule has 1 aromatic heterocycles. The van der Waals surface area contributed by atoms with Gasteiger partial charge in [-0.2, -0.15) is 13.2 Å². The van der Waals surface area contributed by atoms with Gasteiger partial charge in [0.05, 0.1) is 5.56 Å². The van der Waals surface area contributed by atoms with Crippen LogP contribution in [0.2, 0.25) is 0 Å². The van der Waals surface area contributed by atoms with E-state index in [1.807, 2.05) is 36.4 Å². The lowest BCUT2D eigenvalue weighted by atomic mass is 10.1. The number of nitrogens with zero attached hydrogens (tertiary/aromatic N) is 1. The Morgan fingerprint density at radius 1 is 1.05 bits per heavy atom. The number of thioether (sulfide) groups is 1. The highest BCUT2D eigenvalue weighted by Crippen LogP contribution is 2.41. The van der Waals surface area contributed by atoms with E-state index >= 15 is 0 Å². The summed E-state index contributed by atoms with van der Waals surface area (Å²) in [6, 6.07) is 20.4. The predicted octanol–water partition coefficient (Wildman–Crippen LogP) is 8.27. The fraction of sp³-hybridized carbons (Fsp3) is 0.185. The molecular weight excluding hydrogens is 587 g/mol. The Kier molecular flexibility index (Phi) is 8.94. The van der Waals surface area contributed by atoms with Crippen LogP contribution in [0.1, 0.15) is 26.8 Å². The predicted molar refractivity (Wildman–Crippen MR) is 144 cm³/mol. The van der Waals surface area contributed by atoms with Gasteiger partial charge in [-0.25, -0.2) is 9.78 Å². The van der Waals surface area contributed by atoms with E-state index in [4.69, 9.17) is 9.84 Å². The van der Waals surface area contributed by atoms with Crippen molar-refractivity contribution in [3.05, 3.63) is 105 Å². The fourth-order valence-electron chi connectivity index (χ4n) is 3.54. The second kappa shape index (κ2) is 12.1. The topological polar surface area (TPSA) is 59.4 Å². The maximum Gasteiger partial charge on any atom is 0.416 e. The Morgan fingerprint density at radius 2 is 1.76 bits per heavy atom. The number of ether oxygens (including phenoxy) is 1. The van der Waals surface area contributed by atoms with Gasteiger partial charge < -0.3 is 9.84 Å². The standard InChI is InChI=1S/C27H21BrF3NO3S2/c28-21-11-5-17(6-12-21)13-23(36-16-19-3-1-2-4-22(19)35-15-25(33)34)24-14-32-26(37-24)18-7-9-20(10-8-18)27(29,30)31/h1-12,14,23H,13,15-16H2,(H,33,34). The Hall–Kier alpha value is -2.82. The van der Waals surface area contributed by atoms with Crippen molar-refractivity contribution in [3.63, 3.8) is 0 Å². The van der Waals surface area contributed by atoms with Crippen molar-refractivity contribution in [3.8, 4) is 16.3 Å². The highest BCUT2D eigenvalue weighted by molar-refractivity contribution is 9.10. The summed E-state index contributed by atoms with van der Waals surface area (Å²) < 4.78 is 45.3. The normalized spacial score (nSPS) is 12.3. The van der Waals surface area contributed by atoms with Crippen molar-refractivity contribution in [2.45, 2.75) is 23.6 Å². The largest absolute Gasteiger partial charge is 0.482 e. The summed E-state index contributed by atoms with van der Waals surface area (Å²) >= 11 is 6.58. The summed E-state index contributed by atoms with van der Waals surface area (Å²) in [7, 11) is 0. The number of benzene rings is 3. The van der Waals surface area contributed by atoms with Gasteiger partial charge in [-0.05, 0) is 42.3 Å². The molecule has 0 radical (unpaired) electrons. The number of hydrogen-bond acceptors (Lipinski definition) is 5. The minimum atomic E-state index is -4.39. The lowest BCUT2D eigenvalue weighted by molar-refractivity contribution is -0.139. The molecule has 0 spiro atoms. The molecule has 3 aromatic carbocycles.